The fourth-order valence-electron chi connectivity index (χ4n) is 2.09. The van der Waals surface area contributed by atoms with E-state index < -0.39 is 0 Å². The van der Waals surface area contributed by atoms with Crippen molar-refractivity contribution in [2.75, 3.05) is 0 Å². The zero-order valence-electron chi connectivity index (χ0n) is 11.8. The van der Waals surface area contributed by atoms with Crippen molar-refractivity contribution in [2.24, 2.45) is 0 Å². The highest BCUT2D eigenvalue weighted by molar-refractivity contribution is 9.10. The smallest absolute Gasteiger partial charge is 0.182 e. The Morgan fingerprint density at radius 3 is 2.80 bits per heavy atom. The van der Waals surface area contributed by atoms with Crippen molar-refractivity contribution >= 4 is 33.2 Å². The molecule has 2 heterocycles. The van der Waals surface area contributed by atoms with Crippen LogP contribution in [0.5, 0.6) is 0 Å². The molecule has 0 unspecified atom stereocenters. The highest BCUT2D eigenvalue weighted by atomic mass is 79.9. The number of aryl methyl sites for hydroxylation is 3. The maximum Gasteiger partial charge on any atom is 0.182 e. The lowest BCUT2D eigenvalue weighted by atomic mass is 10.1. The molecule has 108 valence electrons. The van der Waals surface area contributed by atoms with Gasteiger partial charge in [-0.15, -0.1) is 5.10 Å². The van der Waals surface area contributed by atoms with Crippen LogP contribution < -0.4 is 0 Å². The number of nitrogens with zero attached hydrogens (tertiary/aromatic N) is 4. The average molecular weight is 357 g/mol. The van der Waals surface area contributed by atoms with Gasteiger partial charge in [0, 0.05) is 6.54 Å². The summed E-state index contributed by atoms with van der Waals surface area (Å²) in [5.41, 5.74) is 2.65. The third kappa shape index (κ3) is 2.98. The molecule has 0 radical (unpaired) electrons. The van der Waals surface area contributed by atoms with Crippen molar-refractivity contribution in [1.29, 1.82) is 0 Å². The lowest BCUT2D eigenvalue weighted by molar-refractivity contribution is 0.0993. The summed E-state index contributed by atoms with van der Waals surface area (Å²) in [6.07, 6.45) is 2.09. The van der Waals surface area contributed by atoms with Crippen molar-refractivity contribution in [1.82, 2.24) is 19.4 Å². The number of hydrogen-bond donors (Lipinski definition) is 0. The predicted octanol–water partition coefficient (Wildman–Crippen LogP) is 3.20. The van der Waals surface area contributed by atoms with Crippen LogP contribution in [0.25, 0.3) is 0 Å². The van der Waals surface area contributed by atoms with Gasteiger partial charge < -0.3 is 0 Å². The van der Waals surface area contributed by atoms with Crippen molar-refractivity contribution in [3.8, 4) is 0 Å². The summed E-state index contributed by atoms with van der Waals surface area (Å²) in [5.74, 6) is 0.0683. The van der Waals surface area contributed by atoms with Gasteiger partial charge in [-0.2, -0.15) is 5.10 Å². The molecule has 0 saturated carbocycles. The van der Waals surface area contributed by atoms with E-state index >= 15 is 0 Å². The minimum Gasteiger partial charge on any atom is -0.293 e. The Labute approximate surface area is 130 Å². The van der Waals surface area contributed by atoms with Crippen LogP contribution in [0, 0.1) is 6.92 Å². The second kappa shape index (κ2) is 6.58. The van der Waals surface area contributed by atoms with Crippen molar-refractivity contribution in [3.63, 3.8) is 0 Å². The van der Waals surface area contributed by atoms with Gasteiger partial charge in [0.1, 0.15) is 4.88 Å². The zero-order chi connectivity index (χ0) is 14.7. The molecule has 0 bridgehead atoms. The topological polar surface area (TPSA) is 60.7 Å². The second-order valence-electron chi connectivity index (χ2n) is 4.56. The SMILES string of the molecule is CCCc1nnsc1C(=O)Cc1c(Br)c(C)nn1CC. The van der Waals surface area contributed by atoms with Gasteiger partial charge in [0.25, 0.3) is 0 Å². The van der Waals surface area contributed by atoms with E-state index in [0.717, 1.165) is 40.9 Å². The minimum absolute atomic E-state index is 0.0683. The van der Waals surface area contributed by atoms with Crippen LogP contribution in [0.3, 0.4) is 0 Å². The second-order valence-corrected chi connectivity index (χ2v) is 6.11. The van der Waals surface area contributed by atoms with Crippen LogP contribution in [0.15, 0.2) is 4.47 Å². The molecule has 0 atom stereocenters. The van der Waals surface area contributed by atoms with Crippen LogP contribution in [-0.2, 0) is 19.4 Å². The number of carbonyl (C=O) groups is 1. The zero-order valence-corrected chi connectivity index (χ0v) is 14.2. The van der Waals surface area contributed by atoms with E-state index in [1.807, 2.05) is 18.5 Å². The number of aromatic nitrogens is 4. The van der Waals surface area contributed by atoms with Gasteiger partial charge in [0.2, 0.25) is 0 Å². The summed E-state index contributed by atoms with van der Waals surface area (Å²) in [4.78, 5) is 13.1. The third-order valence-corrected chi connectivity index (χ3v) is 4.92. The molecule has 0 saturated heterocycles. The van der Waals surface area contributed by atoms with E-state index in [1.54, 1.807) is 0 Å². The molecule has 7 heteroatoms. The number of rotatable bonds is 6. The van der Waals surface area contributed by atoms with Crippen molar-refractivity contribution in [3.05, 3.63) is 26.4 Å². The van der Waals surface area contributed by atoms with Gasteiger partial charge in [-0.25, -0.2) is 0 Å². The van der Waals surface area contributed by atoms with Gasteiger partial charge in [-0.05, 0) is 47.7 Å². The van der Waals surface area contributed by atoms with Gasteiger partial charge in [0.15, 0.2) is 5.78 Å². The van der Waals surface area contributed by atoms with E-state index in [2.05, 4.69) is 37.5 Å². The standard InChI is InChI=1S/C13H17BrN4OS/c1-4-6-9-13(20-17-15-9)11(19)7-10-12(14)8(3)16-18(10)5-2/h4-7H2,1-3H3. The molecule has 2 aromatic rings. The van der Waals surface area contributed by atoms with E-state index in [1.165, 1.54) is 11.5 Å². The van der Waals surface area contributed by atoms with Gasteiger partial charge in [-0.1, -0.05) is 17.8 Å². The minimum atomic E-state index is 0.0683. The van der Waals surface area contributed by atoms with E-state index in [9.17, 15) is 4.79 Å². The quantitative estimate of drug-likeness (QED) is 0.745. The number of ketones is 1. The van der Waals surface area contributed by atoms with Gasteiger partial charge in [-0.3, -0.25) is 9.48 Å². The highest BCUT2D eigenvalue weighted by Crippen LogP contribution is 2.24. The summed E-state index contributed by atoms with van der Waals surface area (Å²) in [6.45, 7) is 6.77. The molecule has 0 N–H and O–H groups in total. The lowest BCUT2D eigenvalue weighted by Crippen LogP contribution is -2.10. The first kappa shape index (κ1) is 15.3. The molecule has 5 nitrogen and oxygen atoms in total. The molecule has 0 fully saturated rings. The van der Waals surface area contributed by atoms with Gasteiger partial charge in [0.05, 0.1) is 28.0 Å². The number of carbonyl (C=O) groups excluding carboxylic acids is 1. The van der Waals surface area contributed by atoms with E-state index in [0.29, 0.717) is 11.3 Å². The highest BCUT2D eigenvalue weighted by Gasteiger charge is 2.20. The van der Waals surface area contributed by atoms with Gasteiger partial charge >= 0.3 is 0 Å². The fourth-order valence-corrected chi connectivity index (χ4v) is 3.16. The van der Waals surface area contributed by atoms with Crippen molar-refractivity contribution in [2.45, 2.75) is 46.6 Å². The Balaban J connectivity index is 2.25. The van der Waals surface area contributed by atoms with Crippen LogP contribution in [-0.4, -0.2) is 25.2 Å². The summed E-state index contributed by atoms with van der Waals surface area (Å²) < 4.78 is 6.70. The molecular formula is C13H17BrN4OS. The Bertz CT molecular complexity index is 620. The molecule has 20 heavy (non-hydrogen) atoms. The summed E-state index contributed by atoms with van der Waals surface area (Å²) in [5, 5.41) is 8.46. The van der Waals surface area contributed by atoms with Crippen LogP contribution in [0.1, 0.15) is 47.0 Å². The van der Waals surface area contributed by atoms with E-state index in [4.69, 9.17) is 0 Å². The average Bonchev–Trinajstić information content (AvgIpc) is 2.99. The first-order chi connectivity index (χ1) is 9.58. The molecule has 2 aromatic heterocycles. The number of hydrogen-bond acceptors (Lipinski definition) is 5. The maximum atomic E-state index is 12.5. The Morgan fingerprint density at radius 2 is 2.15 bits per heavy atom. The third-order valence-electron chi connectivity index (χ3n) is 3.08. The maximum absolute atomic E-state index is 12.5. The lowest BCUT2D eigenvalue weighted by Gasteiger charge is -2.04. The monoisotopic (exact) mass is 356 g/mol. The Morgan fingerprint density at radius 1 is 1.40 bits per heavy atom. The Kier molecular flexibility index (Phi) is 5.04. The van der Waals surface area contributed by atoms with Crippen LogP contribution in [0.4, 0.5) is 0 Å². The van der Waals surface area contributed by atoms with E-state index in [-0.39, 0.29) is 5.78 Å². The molecule has 0 aliphatic rings. The first-order valence-electron chi connectivity index (χ1n) is 6.64. The molecular weight excluding hydrogens is 340 g/mol. The summed E-state index contributed by atoms with van der Waals surface area (Å²) in [7, 11) is 0. The molecule has 0 aromatic carbocycles. The molecule has 2 rings (SSSR count). The fraction of sp³-hybridized carbons (Fsp3) is 0.538. The van der Waals surface area contributed by atoms with Crippen LogP contribution in [0.2, 0.25) is 0 Å². The summed E-state index contributed by atoms with van der Waals surface area (Å²) >= 11 is 4.71. The molecule has 0 aliphatic carbocycles. The largest absolute Gasteiger partial charge is 0.293 e. The van der Waals surface area contributed by atoms with Crippen molar-refractivity contribution < 1.29 is 4.79 Å². The van der Waals surface area contributed by atoms with Crippen LogP contribution >= 0.6 is 27.5 Å². The summed E-state index contributed by atoms with van der Waals surface area (Å²) in [6, 6.07) is 0. The first-order valence-corrected chi connectivity index (χ1v) is 8.21. The molecule has 0 amide bonds. The Hall–Kier alpha value is -1.08. The molecule has 0 aliphatic heterocycles. The number of Topliss-reactive ketones (excluding diaryl/α,β-unsaturated/α-hetero) is 1. The number of halogens is 1. The predicted molar refractivity (Wildman–Crippen MR) is 82.3 cm³/mol. The molecule has 0 spiro atoms. The normalized spacial score (nSPS) is 11.0.